The van der Waals surface area contributed by atoms with Crippen LogP contribution in [0.4, 0.5) is 0 Å². The number of hydrogen-bond acceptors (Lipinski definition) is 5. The molecule has 71 heavy (non-hydrogen) atoms. The summed E-state index contributed by atoms with van der Waals surface area (Å²) in [4.78, 5) is 24.6. The molecule has 0 aromatic carbocycles. The van der Waals surface area contributed by atoms with Gasteiger partial charge in [-0.3, -0.25) is 9.59 Å². The van der Waals surface area contributed by atoms with E-state index in [1.807, 2.05) is 6.08 Å². The summed E-state index contributed by atoms with van der Waals surface area (Å²) >= 11 is 0. The number of carbonyl (C=O) groups excluding carboxylic acids is 2. The lowest BCUT2D eigenvalue weighted by atomic mass is 10.0. The number of esters is 1. The summed E-state index contributed by atoms with van der Waals surface area (Å²) < 4.78 is 5.49. The Labute approximate surface area is 443 Å². The van der Waals surface area contributed by atoms with Crippen LogP contribution in [0.15, 0.2) is 24.3 Å². The van der Waals surface area contributed by atoms with Gasteiger partial charge in [0.2, 0.25) is 5.91 Å². The topological polar surface area (TPSA) is 95.9 Å². The number of hydrogen-bond donors (Lipinski definition) is 3. The molecule has 0 aromatic rings. The SMILES string of the molecule is CCCCCCCCC/C=C\CCCCCCCC(=O)OCCCCCCCCCCCCCCCCCCCCCCCC(=O)NC(CO)C(O)/C=C/CCCCCCCCCCCCCCCCC. The average molecular weight is 1000 g/mol. The second-order valence-corrected chi connectivity index (χ2v) is 22.1. The number of ether oxygens (including phenoxy) is 1. The highest BCUT2D eigenvalue weighted by Gasteiger charge is 2.18. The van der Waals surface area contributed by atoms with E-state index < -0.39 is 12.1 Å². The molecule has 6 nitrogen and oxygen atoms in total. The van der Waals surface area contributed by atoms with Crippen LogP contribution >= 0.6 is 0 Å². The Kier molecular flexibility index (Phi) is 59.5. The quantitative estimate of drug-likeness (QED) is 0.0320. The lowest BCUT2D eigenvalue weighted by Crippen LogP contribution is -2.45. The van der Waals surface area contributed by atoms with Crippen LogP contribution in [0.3, 0.4) is 0 Å². The molecular weight excluding hydrogens is 875 g/mol. The minimum Gasteiger partial charge on any atom is -0.466 e. The maximum absolute atomic E-state index is 12.5. The van der Waals surface area contributed by atoms with E-state index in [4.69, 9.17) is 4.74 Å². The van der Waals surface area contributed by atoms with E-state index in [2.05, 4.69) is 31.3 Å². The van der Waals surface area contributed by atoms with Crippen LogP contribution in [0.2, 0.25) is 0 Å². The Morgan fingerprint density at radius 3 is 1.00 bits per heavy atom. The fourth-order valence-electron chi connectivity index (χ4n) is 10.0. The zero-order chi connectivity index (χ0) is 51.4. The van der Waals surface area contributed by atoms with Crippen molar-refractivity contribution in [1.82, 2.24) is 5.32 Å². The monoisotopic (exact) mass is 1000 g/mol. The van der Waals surface area contributed by atoms with E-state index in [9.17, 15) is 19.8 Å². The van der Waals surface area contributed by atoms with Crippen LogP contribution in [-0.2, 0) is 14.3 Å². The van der Waals surface area contributed by atoms with E-state index in [-0.39, 0.29) is 18.5 Å². The summed E-state index contributed by atoms with van der Waals surface area (Å²) in [5, 5.41) is 23.2. The van der Waals surface area contributed by atoms with Crippen LogP contribution in [0.25, 0.3) is 0 Å². The molecule has 0 aliphatic rings. The van der Waals surface area contributed by atoms with Gasteiger partial charge in [-0.2, -0.15) is 0 Å². The lowest BCUT2D eigenvalue weighted by molar-refractivity contribution is -0.143. The van der Waals surface area contributed by atoms with Gasteiger partial charge in [0.15, 0.2) is 0 Å². The van der Waals surface area contributed by atoms with E-state index in [1.165, 1.54) is 283 Å². The van der Waals surface area contributed by atoms with Crippen molar-refractivity contribution in [2.75, 3.05) is 13.2 Å². The average Bonchev–Trinajstić information content (AvgIpc) is 3.37. The molecule has 0 rings (SSSR count). The largest absolute Gasteiger partial charge is 0.466 e. The molecule has 0 spiro atoms. The van der Waals surface area contributed by atoms with Crippen LogP contribution in [0.1, 0.15) is 354 Å². The molecule has 0 radical (unpaired) electrons. The van der Waals surface area contributed by atoms with Gasteiger partial charge in [-0.25, -0.2) is 0 Å². The summed E-state index contributed by atoms with van der Waals surface area (Å²) in [6.45, 7) is 4.92. The maximum atomic E-state index is 12.5. The fourth-order valence-corrected chi connectivity index (χ4v) is 10.0. The maximum Gasteiger partial charge on any atom is 0.305 e. The molecule has 0 saturated carbocycles. The number of allylic oxidation sites excluding steroid dienone is 3. The van der Waals surface area contributed by atoms with Gasteiger partial charge < -0.3 is 20.3 Å². The first-order valence-electron chi connectivity index (χ1n) is 32.1. The first-order valence-corrected chi connectivity index (χ1v) is 32.1. The highest BCUT2D eigenvalue weighted by molar-refractivity contribution is 5.76. The Hall–Kier alpha value is -1.66. The number of amides is 1. The molecule has 0 saturated heterocycles. The van der Waals surface area contributed by atoms with Gasteiger partial charge in [-0.1, -0.05) is 308 Å². The van der Waals surface area contributed by atoms with Crippen molar-refractivity contribution in [3.8, 4) is 0 Å². The molecule has 0 aliphatic heterocycles. The van der Waals surface area contributed by atoms with Crippen LogP contribution in [-0.4, -0.2) is 47.4 Å². The Morgan fingerprint density at radius 1 is 0.380 bits per heavy atom. The highest BCUT2D eigenvalue weighted by atomic mass is 16.5. The molecule has 0 bridgehead atoms. The lowest BCUT2D eigenvalue weighted by Gasteiger charge is -2.20. The number of carbonyl (C=O) groups is 2. The van der Waals surface area contributed by atoms with Crippen molar-refractivity contribution < 1.29 is 24.5 Å². The van der Waals surface area contributed by atoms with Crippen molar-refractivity contribution in [2.45, 2.75) is 366 Å². The van der Waals surface area contributed by atoms with Crippen molar-refractivity contribution in [3.05, 3.63) is 24.3 Å². The summed E-state index contributed by atoms with van der Waals surface area (Å²) in [6, 6.07) is -0.629. The van der Waals surface area contributed by atoms with Crippen LogP contribution in [0.5, 0.6) is 0 Å². The third kappa shape index (κ3) is 57.5. The Morgan fingerprint density at radius 2 is 0.662 bits per heavy atom. The minimum atomic E-state index is -0.845. The van der Waals surface area contributed by atoms with E-state index in [0.717, 1.165) is 44.9 Å². The van der Waals surface area contributed by atoms with Crippen molar-refractivity contribution in [1.29, 1.82) is 0 Å². The summed E-state index contributed by atoms with van der Waals surface area (Å²) in [7, 11) is 0. The van der Waals surface area contributed by atoms with Gasteiger partial charge in [0.05, 0.1) is 25.4 Å². The molecule has 6 heteroatoms. The minimum absolute atomic E-state index is 0.00452. The van der Waals surface area contributed by atoms with Crippen LogP contribution < -0.4 is 5.32 Å². The molecule has 0 aliphatic carbocycles. The smallest absolute Gasteiger partial charge is 0.305 e. The van der Waals surface area contributed by atoms with Crippen molar-refractivity contribution in [3.63, 3.8) is 0 Å². The Balaban J connectivity index is 3.40. The molecule has 420 valence electrons. The summed E-state index contributed by atoms with van der Waals surface area (Å²) in [6.07, 6.45) is 75.1. The van der Waals surface area contributed by atoms with Crippen LogP contribution in [0, 0.1) is 0 Å². The molecule has 3 N–H and O–H groups in total. The number of nitrogens with one attached hydrogen (secondary N) is 1. The van der Waals surface area contributed by atoms with E-state index in [1.54, 1.807) is 6.08 Å². The zero-order valence-corrected chi connectivity index (χ0v) is 48.0. The number of aliphatic hydroxyl groups excluding tert-OH is 2. The van der Waals surface area contributed by atoms with Gasteiger partial charge in [-0.15, -0.1) is 0 Å². The number of unbranched alkanes of at least 4 members (excludes halogenated alkanes) is 47. The molecular formula is C65H125NO5. The zero-order valence-electron chi connectivity index (χ0n) is 48.0. The van der Waals surface area contributed by atoms with Gasteiger partial charge in [0.1, 0.15) is 0 Å². The fraction of sp³-hybridized carbons (Fsp3) is 0.908. The molecule has 0 aromatic heterocycles. The first kappa shape index (κ1) is 69.3. The standard InChI is InChI=1S/C65H125NO5/c1-3-5-7-9-11-13-15-17-19-26-29-33-37-41-45-49-53-57-63(68)62(61-67)66-64(69)58-54-50-46-42-38-34-30-27-24-22-21-23-25-28-32-36-40-44-48-52-56-60-71-65(70)59-55-51-47-43-39-35-31-20-18-16-14-12-10-8-6-4-2/h20,31,53,57,62-63,67-68H,3-19,21-30,32-52,54-56,58-61H2,1-2H3,(H,66,69)/b31-20-,57-53+. The molecule has 0 heterocycles. The second kappa shape index (κ2) is 60.9. The highest BCUT2D eigenvalue weighted by Crippen LogP contribution is 2.18. The molecule has 2 atom stereocenters. The summed E-state index contributed by atoms with van der Waals surface area (Å²) in [5.41, 5.74) is 0. The number of aliphatic hydroxyl groups is 2. The normalized spacial score (nSPS) is 12.7. The molecule has 1 amide bonds. The molecule has 2 unspecified atom stereocenters. The van der Waals surface area contributed by atoms with E-state index in [0.29, 0.717) is 19.4 Å². The van der Waals surface area contributed by atoms with Gasteiger partial charge in [0, 0.05) is 12.8 Å². The first-order chi connectivity index (χ1) is 35.0. The number of rotatable bonds is 60. The predicted octanol–water partition coefficient (Wildman–Crippen LogP) is 20.2. The third-order valence-corrected chi connectivity index (χ3v) is 15.0. The van der Waals surface area contributed by atoms with Gasteiger partial charge in [-0.05, 0) is 57.8 Å². The second-order valence-electron chi connectivity index (χ2n) is 22.1. The predicted molar refractivity (Wildman–Crippen MR) is 310 cm³/mol. The third-order valence-electron chi connectivity index (χ3n) is 15.0. The van der Waals surface area contributed by atoms with Gasteiger partial charge in [0.25, 0.3) is 0 Å². The van der Waals surface area contributed by atoms with E-state index >= 15 is 0 Å². The van der Waals surface area contributed by atoms with Gasteiger partial charge >= 0.3 is 5.97 Å². The molecule has 0 fully saturated rings. The Bertz CT molecular complexity index is 1110. The van der Waals surface area contributed by atoms with Crippen molar-refractivity contribution >= 4 is 11.9 Å². The summed E-state index contributed by atoms with van der Waals surface area (Å²) in [5.74, 6) is -0.0620. The van der Waals surface area contributed by atoms with Crippen molar-refractivity contribution in [2.24, 2.45) is 0 Å².